The third-order valence-corrected chi connectivity index (χ3v) is 4.26. The number of allylic oxidation sites excluding steroid dienone is 1. The Kier molecular flexibility index (Phi) is 4.88. The lowest BCUT2D eigenvalue weighted by atomic mass is 9.93. The number of benzene rings is 1. The van der Waals surface area contributed by atoms with E-state index < -0.39 is 23.6 Å². The first-order chi connectivity index (χ1) is 12.3. The second-order valence-corrected chi connectivity index (χ2v) is 6.19. The number of nitrogens with one attached hydrogen (secondary N) is 3. The van der Waals surface area contributed by atoms with Crippen molar-refractivity contribution >= 4 is 11.8 Å². The number of hydrogen-bond donors (Lipinski definition) is 3. The molecule has 3 rings (SSSR count). The Hall–Kier alpha value is -2.96. The first kappa shape index (κ1) is 17.8. The van der Waals surface area contributed by atoms with Gasteiger partial charge in [0.05, 0.1) is 12.5 Å². The summed E-state index contributed by atoms with van der Waals surface area (Å²) in [6.07, 6.45) is 4.99. The zero-order chi connectivity index (χ0) is 18.8. The summed E-state index contributed by atoms with van der Waals surface area (Å²) < 4.78 is 26.8. The van der Waals surface area contributed by atoms with Crippen molar-refractivity contribution in [3.63, 3.8) is 0 Å². The van der Waals surface area contributed by atoms with Gasteiger partial charge in [-0.1, -0.05) is 6.07 Å². The first-order valence-corrected chi connectivity index (χ1v) is 8.12. The first-order valence-electron chi connectivity index (χ1n) is 8.12. The van der Waals surface area contributed by atoms with E-state index >= 15 is 0 Å². The second kappa shape index (κ2) is 7.11. The zero-order valence-corrected chi connectivity index (χ0v) is 14.3. The van der Waals surface area contributed by atoms with Gasteiger partial charge >= 0.3 is 0 Å². The molecule has 2 aliphatic heterocycles. The van der Waals surface area contributed by atoms with Crippen LogP contribution in [-0.2, 0) is 9.59 Å². The lowest BCUT2D eigenvalue weighted by molar-refractivity contribution is -0.123. The molecular weight excluding hydrogens is 340 g/mol. The van der Waals surface area contributed by atoms with Crippen molar-refractivity contribution in [1.29, 1.82) is 0 Å². The van der Waals surface area contributed by atoms with Gasteiger partial charge in [-0.25, -0.2) is 8.78 Å². The van der Waals surface area contributed by atoms with Crippen LogP contribution in [0, 0.1) is 17.7 Å². The van der Waals surface area contributed by atoms with E-state index in [1.807, 2.05) is 6.92 Å². The average Bonchev–Trinajstić information content (AvgIpc) is 2.56. The molecule has 1 aromatic carbocycles. The van der Waals surface area contributed by atoms with Gasteiger partial charge in [0, 0.05) is 28.5 Å². The molecule has 0 aliphatic carbocycles. The van der Waals surface area contributed by atoms with Crippen LogP contribution >= 0.6 is 0 Å². The minimum Gasteiger partial charge on any atom is -0.365 e. The molecule has 0 unspecified atom stereocenters. The minimum absolute atomic E-state index is 0.146. The van der Waals surface area contributed by atoms with E-state index in [1.165, 1.54) is 6.07 Å². The summed E-state index contributed by atoms with van der Waals surface area (Å²) in [6, 6.07) is 3.21. The zero-order valence-electron chi connectivity index (χ0n) is 14.3. The number of amides is 2. The SMILES string of the molecule is CC1=C2C=C(CC(=O)N[C@@H](C)c3ccc(F)cc3F)C(=O)N[C]2C=CN1. The summed E-state index contributed by atoms with van der Waals surface area (Å²) in [6.45, 7) is 3.46. The highest BCUT2D eigenvalue weighted by molar-refractivity contribution is 6.02. The van der Waals surface area contributed by atoms with Gasteiger partial charge in [0.1, 0.15) is 17.7 Å². The van der Waals surface area contributed by atoms with Crippen molar-refractivity contribution in [2.75, 3.05) is 0 Å². The van der Waals surface area contributed by atoms with E-state index in [1.54, 1.807) is 25.3 Å². The maximum absolute atomic E-state index is 13.8. The Morgan fingerprint density at radius 1 is 1.31 bits per heavy atom. The fourth-order valence-electron chi connectivity index (χ4n) is 2.88. The number of hydrogen-bond acceptors (Lipinski definition) is 3. The Balaban J connectivity index is 1.70. The van der Waals surface area contributed by atoms with Crippen LogP contribution in [0.3, 0.4) is 0 Å². The second-order valence-electron chi connectivity index (χ2n) is 6.19. The quantitative estimate of drug-likeness (QED) is 0.775. The third kappa shape index (κ3) is 3.66. The molecule has 0 aromatic heterocycles. The van der Waals surface area contributed by atoms with Crippen molar-refractivity contribution in [2.24, 2.45) is 0 Å². The highest BCUT2D eigenvalue weighted by atomic mass is 19.1. The molecule has 3 N–H and O–H groups in total. The number of carbonyl (C=O) groups is 2. The summed E-state index contributed by atoms with van der Waals surface area (Å²) >= 11 is 0. The highest BCUT2D eigenvalue weighted by Crippen LogP contribution is 2.27. The molecule has 2 amide bonds. The topological polar surface area (TPSA) is 70.2 Å². The average molecular weight is 358 g/mol. The molecule has 7 heteroatoms. The van der Waals surface area contributed by atoms with Crippen LogP contribution in [0.5, 0.6) is 0 Å². The fraction of sp³-hybridized carbons (Fsp3) is 0.211. The molecule has 2 aliphatic rings. The lowest BCUT2D eigenvalue weighted by Crippen LogP contribution is -2.38. The molecule has 1 radical (unpaired) electrons. The monoisotopic (exact) mass is 358 g/mol. The van der Waals surface area contributed by atoms with Crippen LogP contribution in [0.25, 0.3) is 0 Å². The molecular formula is C19H18F2N3O2. The van der Waals surface area contributed by atoms with Crippen LogP contribution in [-0.4, -0.2) is 11.8 Å². The molecule has 0 saturated heterocycles. The van der Waals surface area contributed by atoms with Crippen LogP contribution in [0.15, 0.2) is 53.4 Å². The van der Waals surface area contributed by atoms with Crippen LogP contribution in [0.2, 0.25) is 0 Å². The Morgan fingerprint density at radius 2 is 2.08 bits per heavy atom. The number of halogens is 2. The van der Waals surface area contributed by atoms with E-state index in [9.17, 15) is 18.4 Å². The van der Waals surface area contributed by atoms with Crippen LogP contribution < -0.4 is 16.0 Å². The molecule has 26 heavy (non-hydrogen) atoms. The summed E-state index contributed by atoms with van der Waals surface area (Å²) in [5, 5.41) is 8.42. The molecule has 0 saturated carbocycles. The molecule has 2 heterocycles. The van der Waals surface area contributed by atoms with Gasteiger partial charge in [0.2, 0.25) is 11.8 Å². The van der Waals surface area contributed by atoms with Crippen LogP contribution in [0.1, 0.15) is 31.9 Å². The van der Waals surface area contributed by atoms with E-state index in [0.717, 1.165) is 23.4 Å². The van der Waals surface area contributed by atoms with Gasteiger partial charge in [-0.2, -0.15) is 0 Å². The van der Waals surface area contributed by atoms with Crippen molar-refractivity contribution in [1.82, 2.24) is 16.0 Å². The van der Waals surface area contributed by atoms with Gasteiger partial charge in [-0.3, -0.25) is 9.59 Å². The van der Waals surface area contributed by atoms with Crippen molar-refractivity contribution in [3.05, 3.63) is 76.6 Å². The summed E-state index contributed by atoms with van der Waals surface area (Å²) in [5.74, 6) is -2.19. The van der Waals surface area contributed by atoms with Gasteiger partial charge in [0.15, 0.2) is 0 Å². The smallest absolute Gasteiger partial charge is 0.248 e. The van der Waals surface area contributed by atoms with E-state index in [2.05, 4.69) is 16.0 Å². The largest absolute Gasteiger partial charge is 0.365 e. The van der Waals surface area contributed by atoms with Gasteiger partial charge in [0.25, 0.3) is 0 Å². The predicted molar refractivity (Wildman–Crippen MR) is 92.0 cm³/mol. The number of rotatable bonds is 4. The molecule has 1 atom stereocenters. The maximum atomic E-state index is 13.8. The molecule has 0 fully saturated rings. The Labute approximate surface area is 149 Å². The van der Waals surface area contributed by atoms with Gasteiger partial charge in [-0.15, -0.1) is 0 Å². The Morgan fingerprint density at radius 3 is 2.81 bits per heavy atom. The fourth-order valence-corrected chi connectivity index (χ4v) is 2.88. The molecule has 0 spiro atoms. The standard InChI is InChI=1S/C19H18F2N3O2/c1-10-15-7-12(19(26)24-17(15)5-6-22-10)8-18(25)23-11(2)14-4-3-13(20)9-16(14)21/h3-7,9,11,22H,8H2,1-2H3,(H,23,25)(H,24,26)/t11-/m0/s1. The summed E-state index contributed by atoms with van der Waals surface area (Å²) in [4.78, 5) is 24.5. The molecule has 5 nitrogen and oxygen atoms in total. The van der Waals surface area contributed by atoms with Crippen molar-refractivity contribution in [3.8, 4) is 0 Å². The third-order valence-electron chi connectivity index (χ3n) is 4.26. The number of dihydropyridines is 1. The van der Waals surface area contributed by atoms with Crippen LogP contribution in [0.4, 0.5) is 8.78 Å². The molecule has 1 aromatic rings. The summed E-state index contributed by atoms with van der Waals surface area (Å²) in [7, 11) is 0. The van der Waals surface area contributed by atoms with Gasteiger partial charge in [-0.05, 0) is 38.3 Å². The Bertz CT molecular complexity index is 858. The van der Waals surface area contributed by atoms with E-state index in [-0.39, 0.29) is 17.9 Å². The number of fused-ring (bicyclic) bond motifs is 1. The number of carbonyl (C=O) groups excluding carboxylic acids is 2. The molecule has 135 valence electrons. The van der Waals surface area contributed by atoms with E-state index in [4.69, 9.17) is 0 Å². The highest BCUT2D eigenvalue weighted by Gasteiger charge is 2.28. The predicted octanol–water partition coefficient (Wildman–Crippen LogP) is 2.51. The van der Waals surface area contributed by atoms with E-state index in [0.29, 0.717) is 11.6 Å². The summed E-state index contributed by atoms with van der Waals surface area (Å²) in [5.41, 5.74) is 2.16. The maximum Gasteiger partial charge on any atom is 0.248 e. The van der Waals surface area contributed by atoms with Crippen molar-refractivity contribution in [2.45, 2.75) is 26.3 Å². The minimum atomic E-state index is -0.729. The van der Waals surface area contributed by atoms with Crippen molar-refractivity contribution < 1.29 is 18.4 Å². The normalized spacial score (nSPS) is 17.8. The van der Waals surface area contributed by atoms with Gasteiger partial charge < -0.3 is 16.0 Å². The molecule has 0 bridgehead atoms. The lowest BCUT2D eigenvalue weighted by Gasteiger charge is -2.27.